The van der Waals surface area contributed by atoms with E-state index in [4.69, 9.17) is 9.41 Å². The SMILES string of the molecule is Cc1ccc(S(=O)(=O)n2ccc3c(N[C@@H](C)C4CC4)nc(Nc4cn([C@@H](C)CO[Si](C)(C)C(C)(C)C)nn4)nc32)cc1. The van der Waals surface area contributed by atoms with Crippen LogP contribution in [0.4, 0.5) is 17.6 Å². The van der Waals surface area contributed by atoms with Crippen LogP contribution in [0.3, 0.4) is 0 Å². The second-order valence-corrected chi connectivity index (χ2v) is 19.6. The zero-order chi connectivity index (χ0) is 30.4. The number of rotatable bonds is 11. The van der Waals surface area contributed by atoms with E-state index in [9.17, 15) is 8.42 Å². The minimum absolute atomic E-state index is 0.0286. The van der Waals surface area contributed by atoms with Gasteiger partial charge in [-0.15, -0.1) is 5.10 Å². The maximum atomic E-state index is 13.6. The number of nitrogens with one attached hydrogen (secondary N) is 2. The van der Waals surface area contributed by atoms with Gasteiger partial charge in [-0.2, -0.15) is 9.97 Å². The largest absolute Gasteiger partial charge is 0.415 e. The first-order valence-electron chi connectivity index (χ1n) is 14.5. The molecule has 13 heteroatoms. The van der Waals surface area contributed by atoms with Gasteiger partial charge in [-0.05, 0) is 75.9 Å². The fraction of sp³-hybridized carbons (Fsp3) is 0.517. The van der Waals surface area contributed by atoms with E-state index < -0.39 is 18.3 Å². The highest BCUT2D eigenvalue weighted by Gasteiger charge is 2.37. The van der Waals surface area contributed by atoms with Gasteiger partial charge in [0.15, 0.2) is 19.8 Å². The molecule has 3 heterocycles. The summed E-state index contributed by atoms with van der Waals surface area (Å²) in [6.07, 6.45) is 5.65. The number of aromatic nitrogens is 6. The van der Waals surface area contributed by atoms with E-state index in [1.165, 1.54) is 10.2 Å². The van der Waals surface area contributed by atoms with Crippen LogP contribution in [0.2, 0.25) is 18.1 Å². The number of hydrogen-bond acceptors (Lipinski definition) is 9. The van der Waals surface area contributed by atoms with Crippen LogP contribution in [0, 0.1) is 12.8 Å². The van der Waals surface area contributed by atoms with Gasteiger partial charge < -0.3 is 15.1 Å². The average Bonchev–Trinajstić information content (AvgIpc) is 3.51. The van der Waals surface area contributed by atoms with Crippen LogP contribution in [0.15, 0.2) is 47.6 Å². The molecule has 5 rings (SSSR count). The average molecular weight is 611 g/mol. The van der Waals surface area contributed by atoms with Gasteiger partial charge in [0, 0.05) is 12.2 Å². The maximum Gasteiger partial charge on any atom is 0.269 e. The van der Waals surface area contributed by atoms with Crippen LogP contribution < -0.4 is 10.6 Å². The molecule has 11 nitrogen and oxygen atoms in total. The van der Waals surface area contributed by atoms with Crippen molar-refractivity contribution in [2.75, 3.05) is 17.2 Å². The van der Waals surface area contributed by atoms with Crippen molar-refractivity contribution >= 4 is 47.0 Å². The number of aryl methyl sites for hydroxylation is 1. The van der Waals surface area contributed by atoms with Gasteiger partial charge in [0.25, 0.3) is 10.0 Å². The summed E-state index contributed by atoms with van der Waals surface area (Å²) in [4.78, 5) is 9.57. The van der Waals surface area contributed by atoms with Gasteiger partial charge in [-0.3, -0.25) is 0 Å². The molecule has 0 saturated heterocycles. The molecule has 1 aromatic carbocycles. The lowest BCUT2D eigenvalue weighted by atomic mass is 10.2. The highest BCUT2D eigenvalue weighted by Crippen LogP contribution is 2.37. The summed E-state index contributed by atoms with van der Waals surface area (Å²) in [6, 6.07) is 8.69. The Morgan fingerprint density at radius 1 is 1.10 bits per heavy atom. The normalized spacial score (nSPS) is 16.0. The number of nitrogens with zero attached hydrogens (tertiary/aromatic N) is 6. The molecule has 2 N–H and O–H groups in total. The Bertz CT molecular complexity index is 1670. The van der Waals surface area contributed by atoms with E-state index in [0.29, 0.717) is 29.5 Å². The molecule has 2 atom stereocenters. The Kier molecular flexibility index (Phi) is 7.96. The third-order valence-electron chi connectivity index (χ3n) is 8.48. The summed E-state index contributed by atoms with van der Waals surface area (Å²) >= 11 is 0. The molecule has 42 heavy (non-hydrogen) atoms. The van der Waals surface area contributed by atoms with Crippen molar-refractivity contribution in [2.24, 2.45) is 5.92 Å². The Labute approximate surface area is 249 Å². The molecule has 3 aromatic heterocycles. The fourth-order valence-corrected chi connectivity index (χ4v) is 6.78. The first-order chi connectivity index (χ1) is 19.7. The van der Waals surface area contributed by atoms with E-state index in [-0.39, 0.29) is 33.6 Å². The van der Waals surface area contributed by atoms with Crippen LogP contribution in [0.25, 0.3) is 11.0 Å². The summed E-state index contributed by atoms with van der Waals surface area (Å²) in [7, 11) is -5.79. The number of hydrogen-bond donors (Lipinski definition) is 2. The van der Waals surface area contributed by atoms with Crippen molar-refractivity contribution in [1.82, 2.24) is 28.9 Å². The monoisotopic (exact) mass is 610 g/mol. The first kappa shape index (κ1) is 30.2. The summed E-state index contributed by atoms with van der Waals surface area (Å²) in [5, 5.41) is 16.0. The summed E-state index contributed by atoms with van der Waals surface area (Å²) < 4.78 is 36.6. The third-order valence-corrected chi connectivity index (χ3v) is 14.7. The molecule has 0 bridgehead atoms. The molecule has 0 aliphatic heterocycles. The molecule has 4 aromatic rings. The Balaban J connectivity index is 1.44. The minimum atomic E-state index is -3.89. The standard InChI is InChI=1S/C29H42N8O3SSi/c1-19-9-13-23(14-10-19)41(38,39)37-16-15-24-26(30-21(3)22-11-12-22)32-28(33-27(24)37)31-25-17-36(35-34-25)20(2)18-40-42(7,8)29(4,5)6/h9-10,13-17,20-22H,11-12,18H2,1-8H3,(H2,30,31,32,33)/t20-,21-/m0/s1. The molecular weight excluding hydrogens is 569 g/mol. The first-order valence-corrected chi connectivity index (χ1v) is 18.8. The molecule has 1 aliphatic carbocycles. The molecule has 1 saturated carbocycles. The highest BCUT2D eigenvalue weighted by atomic mass is 32.2. The number of anilines is 3. The molecule has 226 valence electrons. The van der Waals surface area contributed by atoms with Crippen LogP contribution in [-0.2, 0) is 14.4 Å². The lowest BCUT2D eigenvalue weighted by molar-refractivity contribution is 0.228. The molecule has 1 fully saturated rings. The van der Waals surface area contributed by atoms with Gasteiger partial charge in [0.1, 0.15) is 5.82 Å². The summed E-state index contributed by atoms with van der Waals surface area (Å²) in [5.74, 6) is 1.82. The van der Waals surface area contributed by atoms with Crippen LogP contribution in [-0.4, -0.2) is 58.3 Å². The number of fused-ring (bicyclic) bond motifs is 1. The molecule has 0 amide bonds. The quantitative estimate of drug-likeness (QED) is 0.193. The molecule has 0 unspecified atom stereocenters. The van der Waals surface area contributed by atoms with E-state index in [1.54, 1.807) is 41.2 Å². The minimum Gasteiger partial charge on any atom is -0.415 e. The Morgan fingerprint density at radius 3 is 2.43 bits per heavy atom. The lowest BCUT2D eigenvalue weighted by Gasteiger charge is -2.36. The van der Waals surface area contributed by atoms with Crippen molar-refractivity contribution in [3.05, 3.63) is 48.3 Å². The highest BCUT2D eigenvalue weighted by molar-refractivity contribution is 7.90. The van der Waals surface area contributed by atoms with Crippen LogP contribution in [0.5, 0.6) is 0 Å². The van der Waals surface area contributed by atoms with E-state index in [2.05, 4.69) is 66.7 Å². The van der Waals surface area contributed by atoms with Gasteiger partial charge in [0.2, 0.25) is 5.95 Å². The topological polar surface area (TPSA) is 129 Å². The van der Waals surface area contributed by atoms with Crippen molar-refractivity contribution in [3.63, 3.8) is 0 Å². The zero-order valence-electron chi connectivity index (χ0n) is 25.7. The molecule has 0 spiro atoms. The van der Waals surface area contributed by atoms with Gasteiger partial charge >= 0.3 is 0 Å². The van der Waals surface area contributed by atoms with E-state index in [1.807, 2.05) is 13.8 Å². The summed E-state index contributed by atoms with van der Waals surface area (Å²) in [5.41, 5.74) is 1.26. The van der Waals surface area contributed by atoms with Crippen LogP contribution in [0.1, 0.15) is 59.1 Å². The summed E-state index contributed by atoms with van der Waals surface area (Å²) in [6.45, 7) is 17.7. The predicted octanol–water partition coefficient (Wildman–Crippen LogP) is 6.11. The predicted molar refractivity (Wildman–Crippen MR) is 168 cm³/mol. The second-order valence-electron chi connectivity index (χ2n) is 13.0. The second kappa shape index (κ2) is 11.1. The molecule has 0 radical (unpaired) electrons. The lowest BCUT2D eigenvalue weighted by Crippen LogP contribution is -2.42. The van der Waals surface area contributed by atoms with Crippen molar-refractivity contribution < 1.29 is 12.8 Å². The van der Waals surface area contributed by atoms with Gasteiger partial charge in [-0.1, -0.05) is 43.7 Å². The third kappa shape index (κ3) is 6.23. The Morgan fingerprint density at radius 2 is 1.79 bits per heavy atom. The maximum absolute atomic E-state index is 13.6. The fourth-order valence-electron chi connectivity index (χ4n) is 4.39. The zero-order valence-corrected chi connectivity index (χ0v) is 27.5. The Hall–Kier alpha value is -3.29. The van der Waals surface area contributed by atoms with E-state index in [0.717, 1.165) is 18.4 Å². The van der Waals surface area contributed by atoms with Gasteiger partial charge in [-0.25, -0.2) is 17.1 Å². The van der Waals surface area contributed by atoms with Crippen molar-refractivity contribution in [1.29, 1.82) is 0 Å². The van der Waals surface area contributed by atoms with Crippen LogP contribution >= 0.6 is 0 Å². The molecular formula is C29H42N8O3SSi. The van der Waals surface area contributed by atoms with E-state index >= 15 is 0 Å². The van der Waals surface area contributed by atoms with Crippen molar-refractivity contribution in [2.45, 2.75) is 89.5 Å². The smallest absolute Gasteiger partial charge is 0.269 e. The van der Waals surface area contributed by atoms with Gasteiger partial charge in [0.05, 0.1) is 29.1 Å². The van der Waals surface area contributed by atoms with Crippen molar-refractivity contribution in [3.8, 4) is 0 Å². The molecule has 1 aliphatic rings. The number of benzene rings is 1.